The minimum Gasteiger partial charge on any atom is -0.488 e. The Balaban J connectivity index is 1.85. The highest BCUT2D eigenvalue weighted by atomic mass is 16.5. The maximum atomic E-state index is 11.4. The monoisotopic (exact) mass is 277 g/mol. The normalized spacial score (nSPS) is 18.6. The second kappa shape index (κ2) is 6.27. The average Bonchev–Trinajstić information content (AvgIpc) is 2.78. The van der Waals surface area contributed by atoms with Gasteiger partial charge >= 0.3 is 5.97 Å². The zero-order valence-corrected chi connectivity index (χ0v) is 12.7. The van der Waals surface area contributed by atoms with Gasteiger partial charge in [-0.15, -0.1) is 0 Å². The van der Waals surface area contributed by atoms with Gasteiger partial charge in [0.05, 0.1) is 13.0 Å². The highest BCUT2D eigenvalue weighted by molar-refractivity contribution is 5.72. The molecule has 2 unspecified atom stereocenters. The molecule has 1 aliphatic rings. The van der Waals surface area contributed by atoms with E-state index in [0.717, 1.165) is 18.7 Å². The van der Waals surface area contributed by atoms with Crippen molar-refractivity contribution in [2.45, 2.75) is 26.4 Å². The fourth-order valence-corrected chi connectivity index (χ4v) is 2.72. The van der Waals surface area contributed by atoms with E-state index in [9.17, 15) is 4.79 Å². The van der Waals surface area contributed by atoms with Gasteiger partial charge in [-0.25, -0.2) is 0 Å². The van der Waals surface area contributed by atoms with Crippen LogP contribution in [0.1, 0.15) is 18.1 Å². The van der Waals surface area contributed by atoms with Crippen LogP contribution >= 0.6 is 0 Å². The van der Waals surface area contributed by atoms with Gasteiger partial charge in [0.1, 0.15) is 11.9 Å². The maximum Gasteiger partial charge on any atom is 0.309 e. The minimum absolute atomic E-state index is 0.115. The van der Waals surface area contributed by atoms with Crippen molar-refractivity contribution in [2.75, 3.05) is 27.2 Å². The van der Waals surface area contributed by atoms with Gasteiger partial charge in [0.15, 0.2) is 0 Å². The first kappa shape index (κ1) is 14.9. The van der Waals surface area contributed by atoms with Crippen LogP contribution in [0, 0.1) is 12.8 Å². The van der Waals surface area contributed by atoms with Crippen LogP contribution in [0.4, 0.5) is 0 Å². The summed E-state index contributed by atoms with van der Waals surface area (Å²) in [4.78, 5) is 13.6. The number of nitrogens with zero attached hydrogens (tertiary/aromatic N) is 1. The van der Waals surface area contributed by atoms with Gasteiger partial charge in [-0.1, -0.05) is 24.6 Å². The Morgan fingerprint density at radius 1 is 1.55 bits per heavy atom. The summed E-state index contributed by atoms with van der Waals surface area (Å²) in [5.74, 6) is 0.717. The molecule has 1 aromatic rings. The van der Waals surface area contributed by atoms with Crippen LogP contribution in [-0.2, 0) is 16.0 Å². The molecule has 4 nitrogen and oxygen atoms in total. The molecule has 0 aliphatic carbocycles. The fourth-order valence-electron chi connectivity index (χ4n) is 2.72. The molecule has 0 bridgehead atoms. The number of hydrogen-bond donors (Lipinski definition) is 0. The van der Waals surface area contributed by atoms with E-state index in [4.69, 9.17) is 9.47 Å². The number of benzene rings is 1. The molecular weight excluding hydrogens is 254 g/mol. The predicted molar refractivity (Wildman–Crippen MR) is 78.0 cm³/mol. The van der Waals surface area contributed by atoms with Crippen LogP contribution in [0.15, 0.2) is 18.2 Å². The van der Waals surface area contributed by atoms with Crippen molar-refractivity contribution < 1.29 is 14.3 Å². The molecule has 0 fully saturated rings. The van der Waals surface area contributed by atoms with Crippen molar-refractivity contribution in [3.8, 4) is 5.75 Å². The number of hydrogen-bond acceptors (Lipinski definition) is 4. The highest BCUT2D eigenvalue weighted by Gasteiger charge is 2.25. The third-order valence-corrected chi connectivity index (χ3v) is 3.66. The van der Waals surface area contributed by atoms with E-state index in [0.29, 0.717) is 6.54 Å². The molecule has 2 rings (SSSR count). The molecule has 1 aliphatic heterocycles. The molecule has 0 saturated heterocycles. The van der Waals surface area contributed by atoms with Crippen LogP contribution < -0.4 is 4.74 Å². The molecule has 0 amide bonds. The lowest BCUT2D eigenvalue weighted by Gasteiger charge is -2.22. The first-order chi connectivity index (χ1) is 9.49. The number of aryl methyl sites for hydroxylation is 1. The molecule has 0 saturated carbocycles. The molecule has 20 heavy (non-hydrogen) atoms. The first-order valence-electron chi connectivity index (χ1n) is 7.02. The van der Waals surface area contributed by atoms with E-state index < -0.39 is 0 Å². The van der Waals surface area contributed by atoms with Gasteiger partial charge in [0.25, 0.3) is 0 Å². The standard InChI is InChI=1S/C16H23NO3/c1-11-5-6-15-13(7-11)8-14(20-15)10-17(3)9-12(2)16(18)19-4/h5-7,12,14H,8-10H2,1-4H3. The SMILES string of the molecule is COC(=O)C(C)CN(C)CC1Cc2cc(C)ccc2O1. The number of esters is 1. The Morgan fingerprint density at radius 3 is 3.00 bits per heavy atom. The van der Waals surface area contributed by atoms with E-state index in [1.807, 2.05) is 20.0 Å². The summed E-state index contributed by atoms with van der Waals surface area (Å²) in [5, 5.41) is 0. The van der Waals surface area contributed by atoms with E-state index in [1.54, 1.807) is 0 Å². The zero-order chi connectivity index (χ0) is 14.7. The van der Waals surface area contributed by atoms with Crippen LogP contribution in [0.2, 0.25) is 0 Å². The highest BCUT2D eigenvalue weighted by Crippen LogP contribution is 2.29. The van der Waals surface area contributed by atoms with Gasteiger partial charge in [-0.3, -0.25) is 4.79 Å². The maximum absolute atomic E-state index is 11.4. The third-order valence-electron chi connectivity index (χ3n) is 3.66. The lowest BCUT2D eigenvalue weighted by atomic mass is 10.1. The van der Waals surface area contributed by atoms with E-state index in [1.165, 1.54) is 18.2 Å². The Kier molecular flexibility index (Phi) is 4.65. The van der Waals surface area contributed by atoms with Gasteiger partial charge in [0.2, 0.25) is 0 Å². The largest absolute Gasteiger partial charge is 0.488 e. The van der Waals surface area contributed by atoms with Crippen molar-refractivity contribution in [3.63, 3.8) is 0 Å². The van der Waals surface area contributed by atoms with Crippen molar-refractivity contribution in [2.24, 2.45) is 5.92 Å². The van der Waals surface area contributed by atoms with Crippen molar-refractivity contribution in [3.05, 3.63) is 29.3 Å². The van der Waals surface area contributed by atoms with Crippen LogP contribution in [0.25, 0.3) is 0 Å². The lowest BCUT2D eigenvalue weighted by molar-refractivity contribution is -0.145. The molecule has 2 atom stereocenters. The smallest absolute Gasteiger partial charge is 0.309 e. The second-order valence-electron chi connectivity index (χ2n) is 5.70. The quantitative estimate of drug-likeness (QED) is 0.772. The summed E-state index contributed by atoms with van der Waals surface area (Å²) in [6.45, 7) is 5.48. The number of rotatable bonds is 5. The van der Waals surface area contributed by atoms with Gasteiger partial charge in [-0.2, -0.15) is 0 Å². The molecule has 0 radical (unpaired) electrons. The molecule has 110 valence electrons. The van der Waals surface area contributed by atoms with Gasteiger partial charge < -0.3 is 14.4 Å². The molecular formula is C16H23NO3. The molecule has 0 N–H and O–H groups in total. The van der Waals surface area contributed by atoms with Crippen LogP contribution in [0.3, 0.4) is 0 Å². The summed E-state index contributed by atoms with van der Waals surface area (Å²) in [6.07, 6.45) is 1.11. The summed E-state index contributed by atoms with van der Waals surface area (Å²) in [6, 6.07) is 6.30. The third kappa shape index (κ3) is 3.51. The molecule has 1 heterocycles. The second-order valence-corrected chi connectivity index (χ2v) is 5.70. The Morgan fingerprint density at radius 2 is 2.30 bits per heavy atom. The number of likely N-dealkylation sites (N-methyl/N-ethyl adjacent to an activating group) is 1. The number of methoxy groups -OCH3 is 1. The Bertz CT molecular complexity index is 487. The first-order valence-corrected chi connectivity index (χ1v) is 7.02. The average molecular weight is 277 g/mol. The zero-order valence-electron chi connectivity index (χ0n) is 12.7. The van der Waals surface area contributed by atoms with E-state index in [2.05, 4.69) is 24.0 Å². The van der Waals surface area contributed by atoms with E-state index in [-0.39, 0.29) is 18.0 Å². The number of ether oxygens (including phenoxy) is 2. The molecule has 0 spiro atoms. The fraction of sp³-hybridized carbons (Fsp3) is 0.562. The molecule has 4 heteroatoms. The van der Waals surface area contributed by atoms with Gasteiger partial charge in [0, 0.05) is 19.5 Å². The number of fused-ring (bicyclic) bond motifs is 1. The Labute approximate surface area is 120 Å². The summed E-state index contributed by atoms with van der Waals surface area (Å²) in [7, 11) is 3.44. The van der Waals surface area contributed by atoms with E-state index >= 15 is 0 Å². The van der Waals surface area contributed by atoms with Crippen molar-refractivity contribution in [1.82, 2.24) is 4.90 Å². The van der Waals surface area contributed by atoms with Crippen molar-refractivity contribution >= 4 is 5.97 Å². The summed E-state index contributed by atoms with van der Waals surface area (Å²) in [5.41, 5.74) is 2.55. The minimum atomic E-state index is -0.164. The molecule has 1 aromatic carbocycles. The summed E-state index contributed by atoms with van der Waals surface area (Å²) < 4.78 is 10.7. The van der Waals surface area contributed by atoms with Crippen molar-refractivity contribution in [1.29, 1.82) is 0 Å². The van der Waals surface area contributed by atoms with Crippen LogP contribution in [-0.4, -0.2) is 44.2 Å². The topological polar surface area (TPSA) is 38.8 Å². The molecule has 0 aromatic heterocycles. The summed E-state index contributed by atoms with van der Waals surface area (Å²) >= 11 is 0. The van der Waals surface area contributed by atoms with Crippen LogP contribution in [0.5, 0.6) is 5.75 Å². The predicted octanol–water partition coefficient (Wildman–Crippen LogP) is 2.04. The Hall–Kier alpha value is -1.55. The number of carbonyl (C=O) groups excluding carboxylic acids is 1. The number of carbonyl (C=O) groups is 1. The lowest BCUT2D eigenvalue weighted by Crippen LogP contribution is -2.36. The van der Waals surface area contributed by atoms with Gasteiger partial charge in [-0.05, 0) is 25.6 Å².